The van der Waals surface area contributed by atoms with Crippen molar-refractivity contribution in [1.82, 2.24) is 0 Å². The first-order valence-electron chi connectivity index (χ1n) is 5.84. The Balaban J connectivity index is 2.46. The molecule has 0 aliphatic carbocycles. The van der Waals surface area contributed by atoms with Crippen LogP contribution in [0.1, 0.15) is 15.9 Å². The Bertz CT molecular complexity index is 737. The maximum Gasteiger partial charge on any atom is 0.342 e. The molecule has 1 N–H and O–H groups in total. The van der Waals surface area contributed by atoms with Crippen molar-refractivity contribution in [2.75, 3.05) is 7.11 Å². The topological polar surface area (TPSA) is 79.5 Å². The molecule has 0 amide bonds. The molecule has 2 aromatic rings. The monoisotopic (exact) mass is 287 g/mol. The second-order valence-corrected chi connectivity index (χ2v) is 4.03. The van der Waals surface area contributed by atoms with E-state index in [-0.39, 0.29) is 17.1 Å². The number of ether oxygens (including phenoxy) is 2. The Morgan fingerprint density at radius 2 is 2.00 bits per heavy atom. The van der Waals surface area contributed by atoms with Gasteiger partial charge in [0.25, 0.3) is 0 Å². The Hall–Kier alpha value is -3.07. The molecule has 0 aliphatic rings. The highest BCUT2D eigenvalue weighted by atomic mass is 19.1. The third kappa shape index (κ3) is 3.09. The molecule has 0 heterocycles. The van der Waals surface area contributed by atoms with Gasteiger partial charge in [-0.05, 0) is 24.3 Å². The number of nitriles is 1. The summed E-state index contributed by atoms with van der Waals surface area (Å²) in [5.74, 6) is -1.94. The van der Waals surface area contributed by atoms with E-state index in [0.717, 1.165) is 6.07 Å². The number of hydrogen-bond donors (Lipinski definition) is 1. The van der Waals surface area contributed by atoms with Gasteiger partial charge in [-0.3, -0.25) is 0 Å². The first-order valence-corrected chi connectivity index (χ1v) is 5.84. The molecule has 2 aromatic carbocycles. The van der Waals surface area contributed by atoms with Crippen LogP contribution in [-0.4, -0.2) is 18.2 Å². The molecule has 0 fully saturated rings. The molecule has 0 unspecified atom stereocenters. The molecule has 0 atom stereocenters. The number of aromatic carboxylic acids is 1. The summed E-state index contributed by atoms with van der Waals surface area (Å²) in [5, 5.41) is 17.9. The van der Waals surface area contributed by atoms with E-state index in [9.17, 15) is 9.18 Å². The van der Waals surface area contributed by atoms with Crippen LogP contribution in [0.25, 0.3) is 0 Å². The quantitative estimate of drug-likeness (QED) is 0.934. The number of carboxylic acids is 1. The highest BCUT2D eigenvalue weighted by molar-refractivity contribution is 5.91. The van der Waals surface area contributed by atoms with Crippen molar-refractivity contribution in [2.45, 2.75) is 0 Å². The predicted molar refractivity (Wildman–Crippen MR) is 71.1 cm³/mol. The van der Waals surface area contributed by atoms with Crippen molar-refractivity contribution < 1.29 is 23.8 Å². The lowest BCUT2D eigenvalue weighted by molar-refractivity contribution is 0.0689. The molecule has 2 rings (SSSR count). The van der Waals surface area contributed by atoms with E-state index >= 15 is 0 Å². The average molecular weight is 287 g/mol. The van der Waals surface area contributed by atoms with Gasteiger partial charge in [0.15, 0.2) is 0 Å². The van der Waals surface area contributed by atoms with Crippen LogP contribution in [0.5, 0.6) is 17.2 Å². The molecule has 0 saturated carbocycles. The number of halogens is 1. The van der Waals surface area contributed by atoms with Crippen molar-refractivity contribution in [3.63, 3.8) is 0 Å². The van der Waals surface area contributed by atoms with Crippen molar-refractivity contribution in [1.29, 1.82) is 5.26 Å². The van der Waals surface area contributed by atoms with Crippen molar-refractivity contribution in [3.05, 3.63) is 53.3 Å². The van der Waals surface area contributed by atoms with E-state index in [1.54, 1.807) is 0 Å². The Morgan fingerprint density at radius 3 is 2.62 bits per heavy atom. The maximum absolute atomic E-state index is 13.6. The molecule has 6 heteroatoms. The molecule has 0 spiro atoms. The van der Waals surface area contributed by atoms with E-state index in [2.05, 4.69) is 0 Å². The molecule has 5 nitrogen and oxygen atoms in total. The van der Waals surface area contributed by atoms with E-state index in [0.29, 0.717) is 5.75 Å². The summed E-state index contributed by atoms with van der Waals surface area (Å²) in [4.78, 5) is 11.1. The zero-order chi connectivity index (χ0) is 15.4. The maximum atomic E-state index is 13.6. The van der Waals surface area contributed by atoms with Crippen molar-refractivity contribution >= 4 is 5.97 Å². The highest BCUT2D eigenvalue weighted by Crippen LogP contribution is 2.30. The second kappa shape index (κ2) is 5.92. The Kier molecular flexibility index (Phi) is 4.05. The van der Waals surface area contributed by atoms with E-state index < -0.39 is 17.3 Å². The van der Waals surface area contributed by atoms with Crippen LogP contribution in [-0.2, 0) is 0 Å². The van der Waals surface area contributed by atoms with Gasteiger partial charge in [-0.15, -0.1) is 0 Å². The number of carbonyl (C=O) groups is 1. The van der Waals surface area contributed by atoms with Gasteiger partial charge in [0, 0.05) is 6.07 Å². The van der Waals surface area contributed by atoms with Crippen LogP contribution in [0.3, 0.4) is 0 Å². The summed E-state index contributed by atoms with van der Waals surface area (Å²) < 4.78 is 24.0. The summed E-state index contributed by atoms with van der Waals surface area (Å²) in [7, 11) is 1.42. The highest BCUT2D eigenvalue weighted by Gasteiger charge is 2.17. The van der Waals surface area contributed by atoms with Crippen LogP contribution in [0, 0.1) is 17.1 Å². The van der Waals surface area contributed by atoms with Crippen LogP contribution in [0.15, 0.2) is 36.4 Å². The van der Waals surface area contributed by atoms with Crippen LogP contribution >= 0.6 is 0 Å². The zero-order valence-corrected chi connectivity index (χ0v) is 11.0. The van der Waals surface area contributed by atoms with Gasteiger partial charge in [0.2, 0.25) is 0 Å². The third-order valence-electron chi connectivity index (χ3n) is 2.66. The molecule has 21 heavy (non-hydrogen) atoms. The smallest absolute Gasteiger partial charge is 0.342 e. The summed E-state index contributed by atoms with van der Waals surface area (Å²) in [6.45, 7) is 0. The number of methoxy groups -OCH3 is 1. The molecule has 0 aliphatic heterocycles. The normalized spacial score (nSPS) is 9.76. The van der Waals surface area contributed by atoms with Crippen molar-refractivity contribution in [2.24, 2.45) is 0 Å². The summed E-state index contributed by atoms with van der Waals surface area (Å²) >= 11 is 0. The lowest BCUT2D eigenvalue weighted by atomic mass is 10.2. The molecular formula is C15H10FNO4. The summed E-state index contributed by atoms with van der Waals surface area (Å²) in [5.41, 5.74) is -0.295. The minimum absolute atomic E-state index is 0.153. The van der Waals surface area contributed by atoms with Gasteiger partial charge in [0.05, 0.1) is 18.7 Å². The van der Waals surface area contributed by atoms with Gasteiger partial charge in [-0.25, -0.2) is 9.18 Å². The number of nitrogens with zero attached hydrogens (tertiary/aromatic N) is 1. The average Bonchev–Trinajstić information content (AvgIpc) is 2.46. The lowest BCUT2D eigenvalue weighted by Gasteiger charge is -2.10. The van der Waals surface area contributed by atoms with Gasteiger partial charge >= 0.3 is 5.97 Å². The molecule has 0 radical (unpaired) electrons. The van der Waals surface area contributed by atoms with Gasteiger partial charge in [-0.1, -0.05) is 6.07 Å². The number of carboxylic acid groups (broad SMARTS) is 1. The standard InChI is InChI=1S/C15H10FNO4/c1-20-10-5-9(8-17)6-11(7-10)21-13-4-2-3-12(16)14(13)15(18)19/h2-7H,1H3,(H,18,19). The van der Waals surface area contributed by atoms with Crippen LogP contribution < -0.4 is 9.47 Å². The zero-order valence-electron chi connectivity index (χ0n) is 11.0. The number of benzene rings is 2. The van der Waals surface area contributed by atoms with E-state index in [4.69, 9.17) is 19.8 Å². The molecule has 0 aromatic heterocycles. The summed E-state index contributed by atoms with van der Waals surface area (Å²) in [6, 6.07) is 9.99. The minimum atomic E-state index is -1.44. The van der Waals surface area contributed by atoms with Gasteiger partial charge < -0.3 is 14.6 Å². The second-order valence-electron chi connectivity index (χ2n) is 4.03. The third-order valence-corrected chi connectivity index (χ3v) is 2.66. The summed E-state index contributed by atoms with van der Waals surface area (Å²) in [6.07, 6.45) is 0. The molecule has 0 saturated heterocycles. The predicted octanol–water partition coefficient (Wildman–Crippen LogP) is 3.20. The van der Waals surface area contributed by atoms with E-state index in [1.165, 1.54) is 37.4 Å². The number of rotatable bonds is 4. The lowest BCUT2D eigenvalue weighted by Crippen LogP contribution is -2.03. The molecule has 106 valence electrons. The van der Waals surface area contributed by atoms with Crippen molar-refractivity contribution in [3.8, 4) is 23.3 Å². The van der Waals surface area contributed by atoms with Crippen LogP contribution in [0.4, 0.5) is 4.39 Å². The first-order chi connectivity index (χ1) is 10.0. The van der Waals surface area contributed by atoms with Gasteiger partial charge in [-0.2, -0.15) is 5.26 Å². The Morgan fingerprint density at radius 1 is 1.29 bits per heavy atom. The fourth-order valence-corrected chi connectivity index (χ4v) is 1.74. The first kappa shape index (κ1) is 14.3. The SMILES string of the molecule is COc1cc(C#N)cc(Oc2cccc(F)c2C(=O)O)c1. The largest absolute Gasteiger partial charge is 0.497 e. The molecular weight excluding hydrogens is 277 g/mol. The van der Waals surface area contributed by atoms with Gasteiger partial charge in [0.1, 0.15) is 28.6 Å². The minimum Gasteiger partial charge on any atom is -0.497 e. The fraction of sp³-hybridized carbons (Fsp3) is 0.0667. The van der Waals surface area contributed by atoms with E-state index in [1.807, 2.05) is 6.07 Å². The van der Waals surface area contributed by atoms with Crippen LogP contribution in [0.2, 0.25) is 0 Å². The molecule has 0 bridgehead atoms. The Labute approximate surface area is 119 Å². The number of hydrogen-bond acceptors (Lipinski definition) is 4. The fourth-order valence-electron chi connectivity index (χ4n) is 1.74.